The van der Waals surface area contributed by atoms with Crippen LogP contribution in [0.4, 0.5) is 0 Å². The number of phosphoric ester groups is 1. The molecular formula is C16H21O4P. The van der Waals surface area contributed by atoms with Crippen molar-refractivity contribution in [3.8, 4) is 0 Å². The van der Waals surface area contributed by atoms with Gasteiger partial charge < -0.3 is 4.89 Å². The Labute approximate surface area is 126 Å². The molecule has 5 heteroatoms. The van der Waals surface area contributed by atoms with E-state index >= 15 is 0 Å². The summed E-state index contributed by atoms with van der Waals surface area (Å²) in [5.74, 6) is 0. The molecule has 0 amide bonds. The van der Waals surface area contributed by atoms with Gasteiger partial charge in [0.1, 0.15) is 0 Å². The predicted octanol–water partition coefficient (Wildman–Crippen LogP) is 3.85. The Kier molecular flexibility index (Phi) is 7.95. The highest BCUT2D eigenvalue weighted by molar-refractivity contribution is 7.47. The summed E-state index contributed by atoms with van der Waals surface area (Å²) in [6, 6.07) is 21.2. The van der Waals surface area contributed by atoms with E-state index in [0.29, 0.717) is 0 Å². The summed E-state index contributed by atoms with van der Waals surface area (Å²) >= 11 is 0. The summed E-state index contributed by atoms with van der Waals surface area (Å²) in [5.41, 5.74) is 2.83. The van der Waals surface area contributed by atoms with E-state index in [1.54, 1.807) is 0 Å². The quantitative estimate of drug-likeness (QED) is 0.852. The number of aryl methyl sites for hydroxylation is 2. The summed E-state index contributed by atoms with van der Waals surface area (Å²) in [5, 5.41) is 0. The van der Waals surface area contributed by atoms with Gasteiger partial charge in [0.25, 0.3) is 0 Å². The number of hydrogen-bond acceptors (Lipinski definition) is 3. The van der Waals surface area contributed by atoms with Gasteiger partial charge in [-0.05, 0) is 24.0 Å². The fraction of sp³-hybridized carbons (Fsp3) is 0.250. The molecule has 0 spiro atoms. The average molecular weight is 308 g/mol. The van der Waals surface area contributed by atoms with E-state index in [-0.39, 0.29) is 0 Å². The van der Waals surface area contributed by atoms with Crippen molar-refractivity contribution in [3.63, 3.8) is 0 Å². The zero-order chi connectivity index (χ0) is 15.6. The van der Waals surface area contributed by atoms with Gasteiger partial charge in [-0.2, -0.15) is 0 Å². The number of rotatable bonds is 5. The van der Waals surface area contributed by atoms with Crippen molar-refractivity contribution in [2.24, 2.45) is 0 Å². The van der Waals surface area contributed by atoms with Crippen LogP contribution in [-0.2, 0) is 26.5 Å². The van der Waals surface area contributed by atoms with E-state index in [1.165, 1.54) is 11.1 Å². The Morgan fingerprint density at radius 1 is 0.810 bits per heavy atom. The average Bonchev–Trinajstić information content (AvgIpc) is 2.55. The Morgan fingerprint density at radius 3 is 1.38 bits per heavy atom. The number of benzene rings is 2. The summed E-state index contributed by atoms with van der Waals surface area (Å²) in [6.07, 6.45) is 2.26. The molecule has 0 radical (unpaired) electrons. The molecule has 2 aromatic carbocycles. The predicted molar refractivity (Wildman–Crippen MR) is 84.1 cm³/mol. The van der Waals surface area contributed by atoms with Crippen LogP contribution in [0, 0.1) is 0 Å². The highest BCUT2D eigenvalue weighted by Crippen LogP contribution is 2.40. The minimum Gasteiger partial charge on any atom is -0.303 e. The maximum atomic E-state index is 10.1. The van der Waals surface area contributed by atoms with Crippen LogP contribution < -0.4 is 0 Å². The largest absolute Gasteiger partial charge is 0.471 e. The molecule has 0 saturated heterocycles. The Balaban J connectivity index is 0.000000270. The fourth-order valence-electron chi connectivity index (χ4n) is 1.65. The van der Waals surface area contributed by atoms with Gasteiger partial charge in [0.15, 0.2) is 0 Å². The minimum atomic E-state index is -3.65. The molecule has 0 atom stereocenters. The van der Waals surface area contributed by atoms with Gasteiger partial charge in [0.05, 0.1) is 0 Å². The maximum absolute atomic E-state index is 10.1. The van der Waals surface area contributed by atoms with Crippen LogP contribution in [0.1, 0.15) is 11.1 Å². The molecular weight excluding hydrogens is 287 g/mol. The number of phosphoric acid groups is 1. The number of hydrogen-bond donors (Lipinski definition) is 1. The third-order valence-electron chi connectivity index (χ3n) is 2.85. The lowest BCUT2D eigenvalue weighted by molar-refractivity contribution is 0.204. The van der Waals surface area contributed by atoms with Crippen LogP contribution in [0.2, 0.25) is 0 Å². The molecule has 0 heterocycles. The van der Waals surface area contributed by atoms with Crippen molar-refractivity contribution in [2.75, 3.05) is 14.2 Å². The van der Waals surface area contributed by atoms with Crippen molar-refractivity contribution in [3.05, 3.63) is 71.8 Å². The summed E-state index contributed by atoms with van der Waals surface area (Å²) in [4.78, 5) is 8.24. The fourth-order valence-corrected chi connectivity index (χ4v) is 1.80. The molecule has 0 aliphatic carbocycles. The monoisotopic (exact) mass is 308 g/mol. The van der Waals surface area contributed by atoms with Crippen LogP contribution in [-0.4, -0.2) is 19.1 Å². The van der Waals surface area contributed by atoms with Crippen LogP contribution >= 0.6 is 7.82 Å². The minimum absolute atomic E-state index is 1.10. The molecule has 0 aromatic heterocycles. The highest BCUT2D eigenvalue weighted by atomic mass is 31.2. The van der Waals surface area contributed by atoms with E-state index in [2.05, 4.69) is 69.7 Å². The van der Waals surface area contributed by atoms with Crippen LogP contribution in [0.5, 0.6) is 0 Å². The lowest BCUT2D eigenvalue weighted by Crippen LogP contribution is -1.89. The second kappa shape index (κ2) is 9.48. The molecule has 114 valence electrons. The van der Waals surface area contributed by atoms with Crippen LogP contribution in [0.25, 0.3) is 0 Å². The smallest absolute Gasteiger partial charge is 0.303 e. The molecule has 2 rings (SSSR count). The third kappa shape index (κ3) is 7.78. The second-order valence-corrected chi connectivity index (χ2v) is 5.97. The van der Waals surface area contributed by atoms with E-state index in [4.69, 9.17) is 4.89 Å². The first-order chi connectivity index (χ1) is 10.1. The molecule has 0 aliphatic rings. The lowest BCUT2D eigenvalue weighted by atomic mass is 10.0. The summed E-state index contributed by atoms with van der Waals surface area (Å²) < 4.78 is 18.0. The zero-order valence-corrected chi connectivity index (χ0v) is 13.2. The molecule has 2 aromatic rings. The van der Waals surface area contributed by atoms with Gasteiger partial charge in [-0.1, -0.05) is 60.7 Å². The Bertz CT molecular complexity index is 495. The SMILES string of the molecule is COP(=O)(O)OC.c1ccc(CCc2ccccc2)cc1. The molecule has 21 heavy (non-hydrogen) atoms. The summed E-state index contributed by atoms with van der Waals surface area (Å²) in [7, 11) is -1.45. The first-order valence-corrected chi connectivity index (χ1v) is 8.09. The zero-order valence-electron chi connectivity index (χ0n) is 12.3. The van der Waals surface area contributed by atoms with Gasteiger partial charge in [0.2, 0.25) is 0 Å². The second-order valence-electron chi connectivity index (χ2n) is 4.30. The first-order valence-electron chi connectivity index (χ1n) is 6.59. The molecule has 0 unspecified atom stereocenters. The molecule has 1 N–H and O–H groups in total. The third-order valence-corrected chi connectivity index (χ3v) is 3.77. The molecule has 0 aliphatic heterocycles. The van der Waals surface area contributed by atoms with Crippen LogP contribution in [0.3, 0.4) is 0 Å². The van der Waals surface area contributed by atoms with Crippen molar-refractivity contribution >= 4 is 7.82 Å². The molecule has 0 fully saturated rings. The van der Waals surface area contributed by atoms with Crippen molar-refractivity contribution in [1.29, 1.82) is 0 Å². The standard InChI is InChI=1S/C14H14.C2H7O4P/c1-3-7-13(8-4-1)11-12-14-9-5-2-6-10-14;1-5-7(3,4)6-2/h1-10H,11-12H2;1-2H3,(H,3,4). The van der Waals surface area contributed by atoms with Crippen molar-refractivity contribution in [1.82, 2.24) is 0 Å². The van der Waals surface area contributed by atoms with Gasteiger partial charge in [-0.15, -0.1) is 0 Å². The summed E-state index contributed by atoms with van der Waals surface area (Å²) in [6.45, 7) is 0. The topological polar surface area (TPSA) is 55.8 Å². The molecule has 4 nitrogen and oxygen atoms in total. The molecule has 0 bridgehead atoms. The Hall–Kier alpha value is -1.45. The van der Waals surface area contributed by atoms with Gasteiger partial charge >= 0.3 is 7.82 Å². The van der Waals surface area contributed by atoms with E-state index in [1.807, 2.05) is 0 Å². The first kappa shape index (κ1) is 17.6. The normalized spacial score (nSPS) is 10.6. The van der Waals surface area contributed by atoms with E-state index in [0.717, 1.165) is 27.1 Å². The lowest BCUT2D eigenvalue weighted by Gasteiger charge is -2.01. The van der Waals surface area contributed by atoms with Gasteiger partial charge in [0, 0.05) is 14.2 Å². The van der Waals surface area contributed by atoms with Crippen LogP contribution in [0.15, 0.2) is 60.7 Å². The van der Waals surface area contributed by atoms with E-state index in [9.17, 15) is 4.57 Å². The van der Waals surface area contributed by atoms with Gasteiger partial charge in [-0.25, -0.2) is 4.57 Å². The van der Waals surface area contributed by atoms with Crippen molar-refractivity contribution in [2.45, 2.75) is 12.8 Å². The highest BCUT2D eigenvalue weighted by Gasteiger charge is 2.13. The van der Waals surface area contributed by atoms with Gasteiger partial charge in [-0.3, -0.25) is 9.05 Å². The van der Waals surface area contributed by atoms with E-state index < -0.39 is 7.82 Å². The Morgan fingerprint density at radius 2 is 1.14 bits per heavy atom. The maximum Gasteiger partial charge on any atom is 0.471 e. The molecule has 0 saturated carbocycles. The van der Waals surface area contributed by atoms with Crippen molar-refractivity contribution < 1.29 is 18.5 Å².